The minimum atomic E-state index is -0.450. The molecule has 0 aliphatic heterocycles. The van der Waals surface area contributed by atoms with E-state index in [9.17, 15) is 15.4 Å². The molecule has 25 heavy (non-hydrogen) atoms. The molecular weight excluding hydrogens is 384 g/mol. The van der Waals surface area contributed by atoms with Gasteiger partial charge in [-0.15, -0.1) is 0 Å². The number of benzene rings is 2. The fraction of sp³-hybridized carbons (Fsp3) is 0. The first-order chi connectivity index (χ1) is 12.1. The van der Waals surface area contributed by atoms with Crippen molar-refractivity contribution in [3.63, 3.8) is 0 Å². The predicted octanol–water partition coefficient (Wildman–Crippen LogP) is 5.68. The monoisotopic (exact) mass is 394 g/mol. The summed E-state index contributed by atoms with van der Waals surface area (Å²) in [6.07, 6.45) is 1.64. The summed E-state index contributed by atoms with van der Waals surface area (Å²) < 4.78 is 6.65. The van der Waals surface area contributed by atoms with E-state index in [0.29, 0.717) is 22.7 Å². The lowest BCUT2D eigenvalue weighted by atomic mass is 10.1. The average molecular weight is 395 g/mol. The van der Waals surface area contributed by atoms with Crippen molar-refractivity contribution in [2.75, 3.05) is 0 Å². The van der Waals surface area contributed by atoms with E-state index in [0.717, 1.165) is 10.0 Å². The molecule has 0 amide bonds. The highest BCUT2D eigenvalue weighted by atomic mass is 79.9. The molecular formula is C19H11BrN2O3. The fourth-order valence-electron chi connectivity index (χ4n) is 2.31. The van der Waals surface area contributed by atoms with Gasteiger partial charge in [-0.25, -0.2) is 0 Å². The third-order valence-electron chi connectivity index (χ3n) is 3.53. The number of furan rings is 1. The molecule has 3 rings (SSSR count). The highest BCUT2D eigenvalue weighted by molar-refractivity contribution is 9.10. The molecule has 0 spiro atoms. The van der Waals surface area contributed by atoms with E-state index in [4.69, 9.17) is 4.42 Å². The van der Waals surface area contributed by atoms with Crippen molar-refractivity contribution in [1.29, 1.82) is 5.26 Å². The number of nitro benzene ring substituents is 1. The van der Waals surface area contributed by atoms with Crippen molar-refractivity contribution in [2.24, 2.45) is 0 Å². The summed E-state index contributed by atoms with van der Waals surface area (Å²) in [6, 6.07) is 19.2. The number of allylic oxidation sites excluding steroid dienone is 1. The Hall–Kier alpha value is -3.17. The Morgan fingerprint density at radius 2 is 1.92 bits per heavy atom. The van der Waals surface area contributed by atoms with E-state index in [-0.39, 0.29) is 5.69 Å². The summed E-state index contributed by atoms with van der Waals surface area (Å²) in [5.41, 5.74) is 1.85. The fourth-order valence-corrected chi connectivity index (χ4v) is 2.57. The Bertz CT molecular complexity index is 998. The highest BCUT2D eigenvalue weighted by Gasteiger charge is 2.10. The summed E-state index contributed by atoms with van der Waals surface area (Å²) in [4.78, 5) is 10.4. The first-order valence-corrected chi connectivity index (χ1v) is 8.08. The van der Waals surface area contributed by atoms with Crippen molar-refractivity contribution in [2.45, 2.75) is 0 Å². The first-order valence-electron chi connectivity index (χ1n) is 7.29. The van der Waals surface area contributed by atoms with Crippen molar-refractivity contribution in [3.8, 4) is 17.4 Å². The van der Waals surface area contributed by atoms with Crippen LogP contribution in [0.1, 0.15) is 11.3 Å². The summed E-state index contributed by atoms with van der Waals surface area (Å²) in [5, 5.41) is 20.3. The lowest BCUT2D eigenvalue weighted by molar-refractivity contribution is -0.384. The minimum Gasteiger partial charge on any atom is -0.457 e. The summed E-state index contributed by atoms with van der Waals surface area (Å²) >= 11 is 3.36. The van der Waals surface area contributed by atoms with Gasteiger partial charge in [-0.05, 0) is 35.9 Å². The van der Waals surface area contributed by atoms with Gasteiger partial charge in [0.15, 0.2) is 0 Å². The van der Waals surface area contributed by atoms with Crippen LogP contribution in [0.5, 0.6) is 0 Å². The lowest BCUT2D eigenvalue weighted by Crippen LogP contribution is -1.87. The zero-order valence-corrected chi connectivity index (χ0v) is 14.4. The van der Waals surface area contributed by atoms with Crippen LogP contribution in [0.25, 0.3) is 23.0 Å². The third-order valence-corrected chi connectivity index (χ3v) is 4.06. The largest absolute Gasteiger partial charge is 0.457 e. The molecule has 0 bridgehead atoms. The van der Waals surface area contributed by atoms with Crippen molar-refractivity contribution >= 4 is 33.3 Å². The number of halogens is 1. The number of hydrogen-bond acceptors (Lipinski definition) is 4. The number of nitro groups is 1. The molecule has 0 N–H and O–H groups in total. The SMILES string of the molecule is N#C/C(=C/c1ccc(-c2cccc([N+](=O)[O-])c2)o1)c1ccc(Br)cc1. The molecule has 0 fully saturated rings. The summed E-state index contributed by atoms with van der Waals surface area (Å²) in [5.74, 6) is 1.00. The van der Waals surface area contributed by atoms with Gasteiger partial charge in [0, 0.05) is 22.2 Å². The molecule has 0 unspecified atom stereocenters. The van der Waals surface area contributed by atoms with Gasteiger partial charge in [0.25, 0.3) is 5.69 Å². The molecule has 3 aromatic rings. The summed E-state index contributed by atoms with van der Waals surface area (Å²) in [7, 11) is 0. The molecule has 1 heterocycles. The van der Waals surface area contributed by atoms with Crippen LogP contribution >= 0.6 is 15.9 Å². The number of non-ortho nitro benzene ring substituents is 1. The first kappa shape index (κ1) is 16.7. The Labute approximate surface area is 152 Å². The van der Waals surface area contributed by atoms with Crippen LogP contribution in [0, 0.1) is 21.4 Å². The Kier molecular flexibility index (Phi) is 4.78. The van der Waals surface area contributed by atoms with Gasteiger partial charge in [-0.2, -0.15) is 5.26 Å². The quantitative estimate of drug-likeness (QED) is 0.323. The topological polar surface area (TPSA) is 80.1 Å². The molecule has 0 aliphatic rings. The maximum absolute atomic E-state index is 10.9. The molecule has 2 aromatic carbocycles. The number of nitriles is 1. The highest BCUT2D eigenvalue weighted by Crippen LogP contribution is 2.27. The van der Waals surface area contributed by atoms with Crippen molar-refractivity contribution < 1.29 is 9.34 Å². The zero-order chi connectivity index (χ0) is 17.8. The van der Waals surface area contributed by atoms with Gasteiger partial charge in [0.05, 0.1) is 16.6 Å². The van der Waals surface area contributed by atoms with Crippen molar-refractivity contribution in [1.82, 2.24) is 0 Å². The van der Waals surface area contributed by atoms with E-state index in [1.54, 1.807) is 30.3 Å². The maximum atomic E-state index is 10.9. The number of rotatable bonds is 4. The van der Waals surface area contributed by atoms with Crippen LogP contribution in [0.4, 0.5) is 5.69 Å². The van der Waals surface area contributed by atoms with Crippen LogP contribution in [0.2, 0.25) is 0 Å². The zero-order valence-electron chi connectivity index (χ0n) is 12.8. The lowest BCUT2D eigenvalue weighted by Gasteiger charge is -1.99. The molecule has 0 atom stereocenters. The molecule has 0 radical (unpaired) electrons. The molecule has 0 aliphatic carbocycles. The van der Waals surface area contributed by atoms with Crippen LogP contribution < -0.4 is 0 Å². The normalized spacial score (nSPS) is 11.1. The molecule has 0 saturated carbocycles. The summed E-state index contributed by atoms with van der Waals surface area (Å²) in [6.45, 7) is 0. The van der Waals surface area contributed by atoms with Crippen LogP contribution in [0.15, 0.2) is 69.6 Å². The van der Waals surface area contributed by atoms with E-state index in [1.807, 2.05) is 24.3 Å². The van der Waals surface area contributed by atoms with E-state index in [1.165, 1.54) is 12.1 Å². The van der Waals surface area contributed by atoms with Gasteiger partial charge >= 0.3 is 0 Å². The predicted molar refractivity (Wildman–Crippen MR) is 98.4 cm³/mol. The molecule has 5 nitrogen and oxygen atoms in total. The Morgan fingerprint density at radius 3 is 2.60 bits per heavy atom. The Morgan fingerprint density at radius 1 is 1.16 bits per heavy atom. The van der Waals surface area contributed by atoms with Gasteiger partial charge in [-0.3, -0.25) is 10.1 Å². The molecule has 0 saturated heterocycles. The van der Waals surface area contributed by atoms with Crippen molar-refractivity contribution in [3.05, 3.63) is 86.6 Å². The molecule has 6 heteroatoms. The van der Waals surface area contributed by atoms with Crippen LogP contribution in [0.3, 0.4) is 0 Å². The Balaban J connectivity index is 1.93. The smallest absolute Gasteiger partial charge is 0.270 e. The molecule has 1 aromatic heterocycles. The second kappa shape index (κ2) is 7.16. The van der Waals surface area contributed by atoms with Gasteiger partial charge in [0.2, 0.25) is 0 Å². The van der Waals surface area contributed by atoms with E-state index in [2.05, 4.69) is 22.0 Å². The maximum Gasteiger partial charge on any atom is 0.270 e. The minimum absolute atomic E-state index is 0.00133. The van der Waals surface area contributed by atoms with Crippen LogP contribution in [-0.4, -0.2) is 4.92 Å². The number of hydrogen-bond donors (Lipinski definition) is 0. The second-order valence-electron chi connectivity index (χ2n) is 5.19. The molecule has 122 valence electrons. The van der Waals surface area contributed by atoms with Gasteiger partial charge in [-0.1, -0.05) is 40.2 Å². The number of nitrogens with zero attached hydrogens (tertiary/aromatic N) is 2. The average Bonchev–Trinajstić information content (AvgIpc) is 3.09. The van der Waals surface area contributed by atoms with Crippen LogP contribution in [-0.2, 0) is 0 Å². The standard InChI is InChI=1S/C19H11BrN2O3/c20-16-6-4-13(5-7-16)15(12-21)11-18-8-9-19(25-18)14-2-1-3-17(10-14)22(23)24/h1-11H/b15-11-. The van der Waals surface area contributed by atoms with E-state index < -0.39 is 4.92 Å². The second-order valence-corrected chi connectivity index (χ2v) is 6.10. The van der Waals surface area contributed by atoms with Gasteiger partial charge < -0.3 is 4.42 Å². The third kappa shape index (κ3) is 3.84. The van der Waals surface area contributed by atoms with E-state index >= 15 is 0 Å². The van der Waals surface area contributed by atoms with Gasteiger partial charge in [0.1, 0.15) is 11.5 Å².